The summed E-state index contributed by atoms with van der Waals surface area (Å²) in [5.74, 6) is 0.646. The second kappa shape index (κ2) is 7.66. The molecular weight excluding hydrogens is 341 g/mol. The quantitative estimate of drug-likeness (QED) is 0.547. The third kappa shape index (κ3) is 5.32. The topological polar surface area (TPSA) is 0 Å². The standard InChI is InChI=1S/C17H22BrF3/c18-16(14-6-4-2-1-3-5-7-14)12-13-8-10-15(11-9-13)17(19,20)21/h8-11,14,16H,1-7,12H2. The third-order valence-corrected chi connectivity index (χ3v) is 5.44. The number of halogens is 4. The average Bonchev–Trinajstić information content (AvgIpc) is 2.37. The van der Waals surface area contributed by atoms with Crippen molar-refractivity contribution in [2.75, 3.05) is 0 Å². The van der Waals surface area contributed by atoms with Gasteiger partial charge in [-0.1, -0.05) is 60.2 Å². The molecule has 1 aromatic carbocycles. The van der Waals surface area contributed by atoms with Gasteiger partial charge in [-0.2, -0.15) is 13.2 Å². The van der Waals surface area contributed by atoms with Gasteiger partial charge in [0.05, 0.1) is 5.56 Å². The molecule has 0 nitrogen and oxygen atoms in total. The fourth-order valence-corrected chi connectivity index (χ4v) is 3.97. The zero-order valence-corrected chi connectivity index (χ0v) is 13.7. The summed E-state index contributed by atoms with van der Waals surface area (Å²) in [5, 5.41) is 0. The maximum Gasteiger partial charge on any atom is 0.416 e. The molecule has 4 heteroatoms. The van der Waals surface area contributed by atoms with Crippen molar-refractivity contribution in [3.8, 4) is 0 Å². The molecule has 0 radical (unpaired) electrons. The smallest absolute Gasteiger partial charge is 0.166 e. The molecule has 2 rings (SSSR count). The van der Waals surface area contributed by atoms with Crippen molar-refractivity contribution in [1.82, 2.24) is 0 Å². The molecule has 0 saturated heterocycles. The first-order valence-corrected chi connectivity index (χ1v) is 8.68. The molecule has 1 aromatic rings. The van der Waals surface area contributed by atoms with Gasteiger partial charge < -0.3 is 0 Å². The Bertz CT molecular complexity index is 417. The minimum atomic E-state index is -4.24. The molecule has 0 amide bonds. The lowest BCUT2D eigenvalue weighted by molar-refractivity contribution is -0.137. The minimum Gasteiger partial charge on any atom is -0.166 e. The number of alkyl halides is 4. The molecule has 0 N–H and O–H groups in total. The van der Waals surface area contributed by atoms with E-state index in [0.717, 1.165) is 12.0 Å². The van der Waals surface area contributed by atoms with Crippen LogP contribution in [-0.2, 0) is 12.6 Å². The monoisotopic (exact) mass is 362 g/mol. The van der Waals surface area contributed by atoms with Crippen LogP contribution in [-0.4, -0.2) is 4.83 Å². The van der Waals surface area contributed by atoms with E-state index in [0.29, 0.717) is 10.7 Å². The van der Waals surface area contributed by atoms with Crippen LogP contribution in [0.1, 0.15) is 56.1 Å². The highest BCUT2D eigenvalue weighted by Gasteiger charge is 2.30. The number of benzene rings is 1. The molecule has 21 heavy (non-hydrogen) atoms. The highest BCUT2D eigenvalue weighted by molar-refractivity contribution is 9.09. The fourth-order valence-electron chi connectivity index (χ4n) is 3.07. The Hall–Kier alpha value is -0.510. The van der Waals surface area contributed by atoms with E-state index in [-0.39, 0.29) is 0 Å². The van der Waals surface area contributed by atoms with E-state index in [9.17, 15) is 13.2 Å². The fraction of sp³-hybridized carbons (Fsp3) is 0.647. The molecule has 0 spiro atoms. The van der Waals surface area contributed by atoms with E-state index in [1.54, 1.807) is 12.1 Å². The van der Waals surface area contributed by atoms with Crippen LogP contribution in [0, 0.1) is 5.92 Å². The van der Waals surface area contributed by atoms with Crippen molar-refractivity contribution >= 4 is 15.9 Å². The van der Waals surface area contributed by atoms with Crippen molar-refractivity contribution < 1.29 is 13.2 Å². The number of hydrogen-bond donors (Lipinski definition) is 0. The van der Waals surface area contributed by atoms with E-state index in [4.69, 9.17) is 0 Å². The summed E-state index contributed by atoms with van der Waals surface area (Å²) in [7, 11) is 0. The average molecular weight is 363 g/mol. The van der Waals surface area contributed by atoms with Crippen LogP contribution in [0.5, 0.6) is 0 Å². The van der Waals surface area contributed by atoms with Crippen LogP contribution in [0.3, 0.4) is 0 Å². The summed E-state index contributed by atoms with van der Waals surface area (Å²) in [6, 6.07) is 5.60. The zero-order valence-electron chi connectivity index (χ0n) is 12.1. The van der Waals surface area contributed by atoms with E-state index in [2.05, 4.69) is 15.9 Å². The Morgan fingerprint density at radius 1 is 0.952 bits per heavy atom. The number of hydrogen-bond acceptors (Lipinski definition) is 0. The molecule has 118 valence electrons. The van der Waals surface area contributed by atoms with Crippen LogP contribution in [0.15, 0.2) is 24.3 Å². The van der Waals surface area contributed by atoms with Crippen LogP contribution >= 0.6 is 15.9 Å². The summed E-state index contributed by atoms with van der Waals surface area (Å²) < 4.78 is 37.6. The van der Waals surface area contributed by atoms with E-state index in [1.807, 2.05) is 0 Å². The predicted octanol–water partition coefficient (Wildman–Crippen LogP) is 6.37. The first-order chi connectivity index (χ1) is 9.97. The van der Waals surface area contributed by atoms with Crippen molar-refractivity contribution in [2.45, 2.75) is 62.4 Å². The minimum absolute atomic E-state index is 0.368. The highest BCUT2D eigenvalue weighted by atomic mass is 79.9. The van der Waals surface area contributed by atoms with Gasteiger partial charge in [0.2, 0.25) is 0 Å². The van der Waals surface area contributed by atoms with Gasteiger partial charge >= 0.3 is 6.18 Å². The van der Waals surface area contributed by atoms with Crippen molar-refractivity contribution in [1.29, 1.82) is 0 Å². The molecule has 1 unspecified atom stereocenters. The molecule has 1 atom stereocenters. The lowest BCUT2D eigenvalue weighted by atomic mass is 9.87. The van der Waals surface area contributed by atoms with Gasteiger partial charge in [-0.3, -0.25) is 0 Å². The maximum absolute atomic E-state index is 12.5. The first kappa shape index (κ1) is 16.9. The molecule has 1 aliphatic rings. The van der Waals surface area contributed by atoms with Gasteiger partial charge in [0.1, 0.15) is 0 Å². The van der Waals surface area contributed by atoms with Gasteiger partial charge in [-0.05, 0) is 42.9 Å². The Morgan fingerprint density at radius 3 is 2.00 bits per heavy atom. The zero-order chi connectivity index (χ0) is 15.3. The second-order valence-corrected chi connectivity index (χ2v) is 7.20. The molecule has 0 aromatic heterocycles. The molecule has 0 aliphatic heterocycles. The van der Waals surface area contributed by atoms with Gasteiger partial charge in [-0.25, -0.2) is 0 Å². The van der Waals surface area contributed by atoms with Crippen LogP contribution in [0.4, 0.5) is 13.2 Å². The maximum atomic E-state index is 12.5. The normalized spacial score (nSPS) is 19.8. The summed E-state index contributed by atoms with van der Waals surface area (Å²) in [6.07, 6.45) is 5.56. The van der Waals surface area contributed by atoms with Crippen molar-refractivity contribution in [3.05, 3.63) is 35.4 Å². The van der Waals surface area contributed by atoms with Gasteiger partial charge in [0.25, 0.3) is 0 Å². The molecule has 1 fully saturated rings. The third-order valence-electron chi connectivity index (χ3n) is 4.37. The molecular formula is C17H22BrF3. The Balaban J connectivity index is 1.93. The van der Waals surface area contributed by atoms with Crippen LogP contribution in [0.25, 0.3) is 0 Å². The van der Waals surface area contributed by atoms with E-state index < -0.39 is 11.7 Å². The van der Waals surface area contributed by atoms with Gasteiger partial charge in [0.15, 0.2) is 0 Å². The predicted molar refractivity (Wildman–Crippen MR) is 83.7 cm³/mol. The molecule has 0 heterocycles. The van der Waals surface area contributed by atoms with Gasteiger partial charge in [-0.15, -0.1) is 0 Å². The summed E-state index contributed by atoms with van der Waals surface area (Å²) in [5.41, 5.74) is 0.412. The second-order valence-electron chi connectivity index (χ2n) is 6.02. The number of rotatable bonds is 3. The Morgan fingerprint density at radius 2 is 1.48 bits per heavy atom. The molecule has 0 bridgehead atoms. The highest BCUT2D eigenvalue weighted by Crippen LogP contribution is 2.32. The largest absolute Gasteiger partial charge is 0.416 e. The lowest BCUT2D eigenvalue weighted by Crippen LogP contribution is -2.18. The Labute approximate surface area is 133 Å². The van der Waals surface area contributed by atoms with E-state index in [1.165, 1.54) is 57.1 Å². The molecule has 1 saturated carbocycles. The van der Waals surface area contributed by atoms with Crippen LogP contribution in [0.2, 0.25) is 0 Å². The molecule has 1 aliphatic carbocycles. The van der Waals surface area contributed by atoms with Crippen LogP contribution < -0.4 is 0 Å². The Kier molecular flexibility index (Phi) is 6.15. The SMILES string of the molecule is FC(F)(F)c1ccc(CC(Br)C2CCCCCCC2)cc1. The summed E-state index contributed by atoms with van der Waals surface area (Å²) in [4.78, 5) is 0.368. The lowest BCUT2D eigenvalue weighted by Gasteiger charge is -2.24. The van der Waals surface area contributed by atoms with Crippen molar-refractivity contribution in [2.24, 2.45) is 5.92 Å². The summed E-state index contributed by atoms with van der Waals surface area (Å²) >= 11 is 3.77. The van der Waals surface area contributed by atoms with Crippen molar-refractivity contribution in [3.63, 3.8) is 0 Å². The summed E-state index contributed by atoms with van der Waals surface area (Å²) in [6.45, 7) is 0. The van der Waals surface area contributed by atoms with Gasteiger partial charge in [0, 0.05) is 4.83 Å². The van der Waals surface area contributed by atoms with E-state index >= 15 is 0 Å². The first-order valence-electron chi connectivity index (χ1n) is 7.77.